The molecule has 2 aromatic heterocycles. The van der Waals surface area contributed by atoms with E-state index in [-0.39, 0.29) is 0 Å². The molecule has 0 aliphatic carbocycles. The van der Waals surface area contributed by atoms with Crippen molar-refractivity contribution in [3.05, 3.63) is 23.5 Å². The molecule has 2 rings (SSSR count). The highest BCUT2D eigenvalue weighted by atomic mass is 16.5. The third-order valence-electron chi connectivity index (χ3n) is 4.00. The van der Waals surface area contributed by atoms with Gasteiger partial charge in [0.1, 0.15) is 5.52 Å². The van der Waals surface area contributed by atoms with Gasteiger partial charge in [-0.15, -0.1) is 0 Å². The molecule has 3 heteroatoms. The van der Waals surface area contributed by atoms with Crippen LogP contribution in [0.3, 0.4) is 0 Å². The second-order valence-electron chi connectivity index (χ2n) is 6.76. The number of pyridine rings is 1. The molecule has 0 fully saturated rings. The van der Waals surface area contributed by atoms with E-state index in [1.165, 1.54) is 23.1 Å². The minimum atomic E-state index is 0.503. The van der Waals surface area contributed by atoms with E-state index in [0.29, 0.717) is 18.4 Å². The van der Waals surface area contributed by atoms with Crippen molar-refractivity contribution in [3.63, 3.8) is 0 Å². The summed E-state index contributed by atoms with van der Waals surface area (Å²) in [6.45, 7) is 15.0. The van der Waals surface area contributed by atoms with Crippen LogP contribution < -0.4 is 4.74 Å². The number of hydrogen-bond donors (Lipinski definition) is 0. The summed E-state index contributed by atoms with van der Waals surface area (Å²) in [5.74, 6) is 1.98. The fraction of sp³-hybridized carbons (Fsp3) is 0.611. The Morgan fingerprint density at radius 3 is 2.48 bits per heavy atom. The number of aromatic nitrogens is 2. The quantitative estimate of drug-likeness (QED) is 0.768. The molecule has 21 heavy (non-hydrogen) atoms. The fourth-order valence-corrected chi connectivity index (χ4v) is 2.58. The first-order valence-corrected chi connectivity index (χ1v) is 7.99. The van der Waals surface area contributed by atoms with Crippen LogP contribution in [0.1, 0.15) is 45.4 Å². The zero-order valence-electron chi connectivity index (χ0n) is 14.2. The Balaban J connectivity index is 2.47. The van der Waals surface area contributed by atoms with E-state index in [1.807, 2.05) is 6.20 Å². The van der Waals surface area contributed by atoms with E-state index in [9.17, 15) is 0 Å². The zero-order chi connectivity index (χ0) is 15.6. The molecule has 2 aromatic rings. The molecule has 0 aromatic carbocycles. The first-order chi connectivity index (χ1) is 9.91. The van der Waals surface area contributed by atoms with Gasteiger partial charge in [0.15, 0.2) is 0 Å². The lowest BCUT2D eigenvalue weighted by Crippen LogP contribution is -2.09. The van der Waals surface area contributed by atoms with Gasteiger partial charge in [0.05, 0.1) is 6.61 Å². The van der Waals surface area contributed by atoms with Gasteiger partial charge in [-0.2, -0.15) is 0 Å². The SMILES string of the molecule is Cc1c(C)n(CCC(C)C)c2c(OCC(C)C)nccc12. The Hall–Kier alpha value is -1.51. The van der Waals surface area contributed by atoms with Gasteiger partial charge in [-0.1, -0.05) is 27.7 Å². The Bertz CT molecular complexity index is 611. The molecule has 0 saturated heterocycles. The summed E-state index contributed by atoms with van der Waals surface area (Å²) in [4.78, 5) is 4.48. The van der Waals surface area contributed by atoms with Crippen molar-refractivity contribution in [2.24, 2.45) is 11.8 Å². The minimum absolute atomic E-state index is 0.503. The van der Waals surface area contributed by atoms with Crippen LogP contribution in [-0.2, 0) is 6.54 Å². The zero-order valence-corrected chi connectivity index (χ0v) is 14.2. The number of rotatable bonds is 6. The molecule has 0 bridgehead atoms. The number of aryl methyl sites for hydroxylation is 2. The lowest BCUT2D eigenvalue weighted by molar-refractivity contribution is 0.263. The van der Waals surface area contributed by atoms with Gasteiger partial charge in [-0.25, -0.2) is 4.98 Å². The highest BCUT2D eigenvalue weighted by Gasteiger charge is 2.16. The first kappa shape index (κ1) is 15.9. The third kappa shape index (κ3) is 3.39. The maximum atomic E-state index is 5.96. The molecule has 116 valence electrons. The van der Waals surface area contributed by atoms with Gasteiger partial charge in [0, 0.05) is 23.8 Å². The molecule has 0 aliphatic heterocycles. The lowest BCUT2D eigenvalue weighted by atomic mass is 10.1. The van der Waals surface area contributed by atoms with Crippen molar-refractivity contribution in [2.75, 3.05) is 6.61 Å². The number of fused-ring (bicyclic) bond motifs is 1. The molecule has 0 amide bonds. The Labute approximate surface area is 128 Å². The molecule has 0 radical (unpaired) electrons. The van der Waals surface area contributed by atoms with Crippen molar-refractivity contribution in [3.8, 4) is 5.88 Å². The fourth-order valence-electron chi connectivity index (χ4n) is 2.58. The molecular formula is C18H28N2O. The van der Waals surface area contributed by atoms with Gasteiger partial charge in [-0.3, -0.25) is 0 Å². The molecule has 3 nitrogen and oxygen atoms in total. The van der Waals surface area contributed by atoms with Crippen molar-refractivity contribution >= 4 is 10.9 Å². The van der Waals surface area contributed by atoms with E-state index in [4.69, 9.17) is 4.74 Å². The van der Waals surface area contributed by atoms with Gasteiger partial charge in [-0.05, 0) is 43.7 Å². The number of nitrogens with zero attached hydrogens (tertiary/aromatic N) is 2. The van der Waals surface area contributed by atoms with Crippen LogP contribution in [0.5, 0.6) is 5.88 Å². The van der Waals surface area contributed by atoms with E-state index < -0.39 is 0 Å². The maximum absolute atomic E-state index is 5.96. The summed E-state index contributed by atoms with van der Waals surface area (Å²) < 4.78 is 8.35. The van der Waals surface area contributed by atoms with Crippen LogP contribution in [0, 0.1) is 25.7 Å². The number of hydrogen-bond acceptors (Lipinski definition) is 2. The highest BCUT2D eigenvalue weighted by molar-refractivity contribution is 5.88. The van der Waals surface area contributed by atoms with Gasteiger partial charge < -0.3 is 9.30 Å². The normalized spacial score (nSPS) is 11.8. The second kappa shape index (κ2) is 6.50. The summed E-state index contributed by atoms with van der Waals surface area (Å²) in [7, 11) is 0. The Morgan fingerprint density at radius 1 is 1.14 bits per heavy atom. The van der Waals surface area contributed by atoms with Crippen LogP contribution in [0.4, 0.5) is 0 Å². The van der Waals surface area contributed by atoms with Gasteiger partial charge in [0.2, 0.25) is 5.88 Å². The average molecular weight is 288 g/mol. The summed E-state index contributed by atoms with van der Waals surface area (Å²) in [5.41, 5.74) is 3.83. The number of ether oxygens (including phenoxy) is 1. The monoisotopic (exact) mass is 288 g/mol. The predicted octanol–water partition coefficient (Wildman–Crippen LogP) is 4.73. The molecule has 0 unspecified atom stereocenters. The summed E-state index contributed by atoms with van der Waals surface area (Å²) in [6, 6.07) is 2.10. The highest BCUT2D eigenvalue weighted by Crippen LogP contribution is 2.31. The second-order valence-corrected chi connectivity index (χ2v) is 6.76. The molecule has 0 spiro atoms. The summed E-state index contributed by atoms with van der Waals surface area (Å²) in [5, 5.41) is 1.27. The summed E-state index contributed by atoms with van der Waals surface area (Å²) >= 11 is 0. The van der Waals surface area contributed by atoms with Gasteiger partial charge in [0.25, 0.3) is 0 Å². The van der Waals surface area contributed by atoms with Gasteiger partial charge >= 0.3 is 0 Å². The topological polar surface area (TPSA) is 27.1 Å². The molecule has 0 N–H and O–H groups in total. The van der Waals surface area contributed by atoms with Crippen molar-refractivity contribution in [1.29, 1.82) is 0 Å². The molecule has 2 heterocycles. The smallest absolute Gasteiger partial charge is 0.238 e. The molecular weight excluding hydrogens is 260 g/mol. The predicted molar refractivity (Wildman–Crippen MR) is 89.0 cm³/mol. The van der Waals surface area contributed by atoms with Crippen LogP contribution >= 0.6 is 0 Å². The van der Waals surface area contributed by atoms with Crippen LogP contribution in [0.2, 0.25) is 0 Å². The molecule has 0 atom stereocenters. The maximum Gasteiger partial charge on any atom is 0.238 e. The first-order valence-electron chi connectivity index (χ1n) is 7.99. The van der Waals surface area contributed by atoms with Crippen LogP contribution in [0.15, 0.2) is 12.3 Å². The van der Waals surface area contributed by atoms with Crippen molar-refractivity contribution < 1.29 is 4.74 Å². The standard InChI is InChI=1S/C18H28N2O/c1-12(2)8-10-20-15(6)14(5)16-7-9-19-18(17(16)20)21-11-13(3)4/h7,9,12-13H,8,10-11H2,1-6H3. The largest absolute Gasteiger partial charge is 0.476 e. The van der Waals surface area contributed by atoms with Crippen molar-refractivity contribution in [1.82, 2.24) is 9.55 Å². The van der Waals surface area contributed by atoms with Crippen molar-refractivity contribution in [2.45, 2.75) is 54.5 Å². The van der Waals surface area contributed by atoms with Crippen LogP contribution in [0.25, 0.3) is 10.9 Å². The Kier molecular flexibility index (Phi) is 4.92. The summed E-state index contributed by atoms with van der Waals surface area (Å²) in [6.07, 6.45) is 3.03. The van der Waals surface area contributed by atoms with E-state index in [2.05, 4.69) is 57.2 Å². The van der Waals surface area contributed by atoms with E-state index in [0.717, 1.165) is 17.9 Å². The van der Waals surface area contributed by atoms with E-state index in [1.54, 1.807) is 0 Å². The molecule has 0 aliphatic rings. The Morgan fingerprint density at radius 2 is 1.86 bits per heavy atom. The van der Waals surface area contributed by atoms with E-state index >= 15 is 0 Å². The lowest BCUT2D eigenvalue weighted by Gasteiger charge is -2.14. The van der Waals surface area contributed by atoms with Crippen LogP contribution in [-0.4, -0.2) is 16.2 Å². The average Bonchev–Trinajstić information content (AvgIpc) is 2.67. The molecule has 0 saturated carbocycles. The third-order valence-corrected chi connectivity index (χ3v) is 4.00. The minimum Gasteiger partial charge on any atom is -0.476 e.